The maximum absolute atomic E-state index is 12.3. The third-order valence-corrected chi connectivity index (χ3v) is 4.68. The molecule has 0 saturated carbocycles. The summed E-state index contributed by atoms with van der Waals surface area (Å²) in [6, 6.07) is 28.2. The molecule has 31 heavy (non-hydrogen) atoms. The molecule has 0 radical (unpaired) electrons. The number of carbonyl (C=O) groups is 2. The van der Waals surface area contributed by atoms with Gasteiger partial charge in [-0.05, 0) is 48.0 Å². The lowest BCUT2D eigenvalue weighted by molar-refractivity contribution is -0.123. The van der Waals surface area contributed by atoms with E-state index in [-0.39, 0.29) is 6.61 Å². The van der Waals surface area contributed by atoms with E-state index in [1.54, 1.807) is 18.2 Å². The van der Waals surface area contributed by atoms with Gasteiger partial charge in [0, 0.05) is 29.2 Å². The van der Waals surface area contributed by atoms with E-state index in [1.165, 1.54) is 0 Å². The van der Waals surface area contributed by atoms with Crippen LogP contribution in [0.25, 0.3) is 16.8 Å². The molecule has 4 aromatic rings. The Balaban J connectivity index is 1.31. The Bertz CT molecular complexity index is 1150. The first-order valence-corrected chi connectivity index (χ1v) is 9.80. The molecule has 0 unspecified atom stereocenters. The predicted octanol–water partition coefficient (Wildman–Crippen LogP) is 3.98. The Hall–Kier alpha value is -4.32. The van der Waals surface area contributed by atoms with Gasteiger partial charge in [0.15, 0.2) is 6.61 Å². The molecule has 0 bridgehead atoms. The second-order valence-electron chi connectivity index (χ2n) is 6.79. The SMILES string of the molecule is O=C(COc1ccccc1-c1ccccc1)NNC(=O)c1ccc(-n2cccc2)cc1. The smallest absolute Gasteiger partial charge is 0.276 e. The van der Waals surface area contributed by atoms with Crippen molar-refractivity contribution in [1.29, 1.82) is 0 Å². The standard InChI is InChI=1S/C25H21N3O3/c29-24(18-31-23-11-5-4-10-22(23)19-8-2-1-3-9-19)26-27-25(30)20-12-14-21(15-13-20)28-16-6-7-17-28/h1-17H,18H2,(H,26,29)(H,27,30). The average molecular weight is 411 g/mol. The van der Waals surface area contributed by atoms with Crippen molar-refractivity contribution in [2.75, 3.05) is 6.61 Å². The molecule has 0 aliphatic rings. The Kier molecular flexibility index (Phi) is 6.09. The molecule has 0 saturated heterocycles. The summed E-state index contributed by atoms with van der Waals surface area (Å²) in [5, 5.41) is 0. The lowest BCUT2D eigenvalue weighted by Crippen LogP contribution is -2.43. The number of para-hydroxylation sites is 1. The number of nitrogens with one attached hydrogen (secondary N) is 2. The van der Waals surface area contributed by atoms with Gasteiger partial charge in [-0.1, -0.05) is 48.5 Å². The fourth-order valence-electron chi connectivity index (χ4n) is 3.12. The van der Waals surface area contributed by atoms with Crippen LogP contribution in [0.15, 0.2) is 103 Å². The molecule has 0 aliphatic heterocycles. The molecule has 3 aromatic carbocycles. The van der Waals surface area contributed by atoms with Gasteiger partial charge in [-0.2, -0.15) is 0 Å². The fourth-order valence-corrected chi connectivity index (χ4v) is 3.12. The van der Waals surface area contributed by atoms with E-state index in [0.29, 0.717) is 11.3 Å². The van der Waals surface area contributed by atoms with Crippen molar-refractivity contribution in [2.45, 2.75) is 0 Å². The Labute approximate surface area is 180 Å². The third-order valence-electron chi connectivity index (χ3n) is 4.68. The van der Waals surface area contributed by atoms with Gasteiger partial charge in [0.25, 0.3) is 11.8 Å². The van der Waals surface area contributed by atoms with Crippen LogP contribution in [0, 0.1) is 0 Å². The number of hydrogen-bond acceptors (Lipinski definition) is 3. The molecule has 4 rings (SSSR count). The van der Waals surface area contributed by atoms with Gasteiger partial charge >= 0.3 is 0 Å². The molecule has 2 amide bonds. The zero-order valence-electron chi connectivity index (χ0n) is 16.7. The molecule has 6 nitrogen and oxygen atoms in total. The largest absolute Gasteiger partial charge is 0.483 e. The quantitative estimate of drug-likeness (QED) is 0.472. The van der Waals surface area contributed by atoms with Crippen molar-refractivity contribution >= 4 is 11.8 Å². The fraction of sp³-hybridized carbons (Fsp3) is 0.0400. The maximum Gasteiger partial charge on any atom is 0.276 e. The van der Waals surface area contributed by atoms with Crippen LogP contribution in [0.2, 0.25) is 0 Å². The zero-order valence-corrected chi connectivity index (χ0v) is 16.7. The normalized spacial score (nSPS) is 10.3. The summed E-state index contributed by atoms with van der Waals surface area (Å²) in [4.78, 5) is 24.4. The molecule has 1 heterocycles. The van der Waals surface area contributed by atoms with Gasteiger partial charge in [-0.3, -0.25) is 20.4 Å². The van der Waals surface area contributed by atoms with Gasteiger partial charge in [-0.15, -0.1) is 0 Å². The summed E-state index contributed by atoms with van der Waals surface area (Å²) in [6.45, 7) is -0.226. The number of amides is 2. The third kappa shape index (κ3) is 5.00. The number of rotatable bonds is 6. The van der Waals surface area contributed by atoms with Crippen LogP contribution >= 0.6 is 0 Å². The highest BCUT2D eigenvalue weighted by Gasteiger charge is 2.10. The molecule has 2 N–H and O–H groups in total. The number of hydrazine groups is 1. The number of benzene rings is 3. The molecule has 0 fully saturated rings. The van der Waals surface area contributed by atoms with E-state index in [4.69, 9.17) is 4.74 Å². The van der Waals surface area contributed by atoms with Gasteiger partial charge < -0.3 is 9.30 Å². The number of carbonyl (C=O) groups excluding carboxylic acids is 2. The van der Waals surface area contributed by atoms with E-state index in [2.05, 4.69) is 10.9 Å². The second-order valence-corrected chi connectivity index (χ2v) is 6.79. The Morgan fingerprint density at radius 1 is 0.742 bits per heavy atom. The first kappa shape index (κ1) is 20.0. The van der Waals surface area contributed by atoms with Crippen LogP contribution < -0.4 is 15.6 Å². The van der Waals surface area contributed by atoms with E-state index >= 15 is 0 Å². The molecule has 0 aliphatic carbocycles. The lowest BCUT2D eigenvalue weighted by Gasteiger charge is -2.12. The minimum absolute atomic E-state index is 0.226. The summed E-state index contributed by atoms with van der Waals surface area (Å²) in [5.74, 6) is -0.270. The molecule has 6 heteroatoms. The van der Waals surface area contributed by atoms with Crippen molar-refractivity contribution in [2.24, 2.45) is 0 Å². The summed E-state index contributed by atoms with van der Waals surface area (Å²) >= 11 is 0. The van der Waals surface area contributed by atoms with Crippen LogP contribution in [-0.2, 0) is 4.79 Å². The summed E-state index contributed by atoms with van der Waals surface area (Å²) in [7, 11) is 0. The van der Waals surface area contributed by atoms with E-state index in [9.17, 15) is 9.59 Å². The topological polar surface area (TPSA) is 72.4 Å². The molecule has 154 valence electrons. The number of aromatic nitrogens is 1. The van der Waals surface area contributed by atoms with Crippen molar-refractivity contribution in [3.63, 3.8) is 0 Å². The van der Waals surface area contributed by atoms with Crippen LogP contribution in [-0.4, -0.2) is 23.0 Å². The van der Waals surface area contributed by atoms with Crippen molar-refractivity contribution in [1.82, 2.24) is 15.4 Å². The highest BCUT2D eigenvalue weighted by atomic mass is 16.5. The second kappa shape index (κ2) is 9.45. The summed E-state index contributed by atoms with van der Waals surface area (Å²) in [6.07, 6.45) is 3.84. The van der Waals surface area contributed by atoms with Crippen molar-refractivity contribution < 1.29 is 14.3 Å². The predicted molar refractivity (Wildman–Crippen MR) is 119 cm³/mol. The van der Waals surface area contributed by atoms with E-state index in [1.807, 2.05) is 89.8 Å². The Morgan fingerprint density at radius 2 is 1.42 bits per heavy atom. The summed E-state index contributed by atoms with van der Waals surface area (Å²) < 4.78 is 7.62. The Morgan fingerprint density at radius 3 is 2.16 bits per heavy atom. The maximum atomic E-state index is 12.3. The monoisotopic (exact) mass is 411 g/mol. The molecule has 0 atom stereocenters. The van der Waals surface area contributed by atoms with Crippen LogP contribution in [0.4, 0.5) is 0 Å². The van der Waals surface area contributed by atoms with Crippen LogP contribution in [0.1, 0.15) is 10.4 Å². The van der Waals surface area contributed by atoms with Gasteiger partial charge in [-0.25, -0.2) is 0 Å². The van der Waals surface area contributed by atoms with Gasteiger partial charge in [0.1, 0.15) is 5.75 Å². The van der Waals surface area contributed by atoms with E-state index < -0.39 is 11.8 Å². The molecule has 1 aromatic heterocycles. The number of nitrogens with zero attached hydrogens (tertiary/aromatic N) is 1. The summed E-state index contributed by atoms with van der Waals surface area (Å²) in [5.41, 5.74) is 8.06. The highest BCUT2D eigenvalue weighted by Crippen LogP contribution is 2.29. The number of hydrogen-bond donors (Lipinski definition) is 2. The average Bonchev–Trinajstić information content (AvgIpc) is 3.37. The van der Waals surface area contributed by atoms with Crippen molar-refractivity contribution in [3.05, 3.63) is 109 Å². The highest BCUT2D eigenvalue weighted by molar-refractivity contribution is 5.95. The van der Waals surface area contributed by atoms with Gasteiger partial charge in [0.05, 0.1) is 0 Å². The molecule has 0 spiro atoms. The van der Waals surface area contributed by atoms with Gasteiger partial charge in [0.2, 0.25) is 0 Å². The van der Waals surface area contributed by atoms with E-state index in [0.717, 1.165) is 16.8 Å². The van der Waals surface area contributed by atoms with Crippen molar-refractivity contribution in [3.8, 4) is 22.6 Å². The lowest BCUT2D eigenvalue weighted by atomic mass is 10.1. The number of ether oxygens (including phenoxy) is 1. The minimum Gasteiger partial charge on any atom is -0.483 e. The first-order valence-electron chi connectivity index (χ1n) is 9.80. The van der Waals surface area contributed by atoms with Crippen LogP contribution in [0.5, 0.6) is 5.75 Å². The molecular weight excluding hydrogens is 390 g/mol. The zero-order chi connectivity index (χ0) is 21.5. The first-order chi connectivity index (χ1) is 15.2. The van der Waals surface area contributed by atoms with Crippen LogP contribution in [0.3, 0.4) is 0 Å². The minimum atomic E-state index is -0.458. The molecular formula is C25H21N3O3.